The Morgan fingerprint density at radius 2 is 1.09 bits per heavy atom. The largest absolute Gasteiger partial charge is 4.00 e. The number of nitrogens with zero attached hydrogens (tertiary/aromatic N) is 2. The van der Waals surface area contributed by atoms with Gasteiger partial charge in [0.2, 0.25) is 0 Å². The normalized spacial score (nSPS) is 9.20. The molecule has 1 aromatic heterocycles. The zero-order valence-corrected chi connectivity index (χ0v) is 29.3. The molecule has 0 bridgehead atoms. The number of carboxylic acid groups (broad SMARTS) is 1. The monoisotopic (exact) mass is 821 g/mol. The molecule has 12 heteroatoms. The van der Waals surface area contributed by atoms with E-state index in [4.69, 9.17) is 20.4 Å². The molecule has 44 heavy (non-hydrogen) atoms. The Labute approximate surface area is 284 Å². The average molecular weight is 822 g/mol. The van der Waals surface area contributed by atoms with Crippen LogP contribution < -0.4 is 24.7 Å². The van der Waals surface area contributed by atoms with Crippen molar-refractivity contribution in [3.63, 3.8) is 0 Å². The molecule has 1 heterocycles. The molecule has 0 amide bonds. The van der Waals surface area contributed by atoms with E-state index in [1.807, 2.05) is 24.4 Å². The van der Waals surface area contributed by atoms with Crippen molar-refractivity contribution in [2.75, 3.05) is 0 Å². The second-order valence-electron chi connectivity index (χ2n) is 10.0. The van der Waals surface area contributed by atoms with Crippen molar-refractivity contribution in [1.82, 2.24) is 17.3 Å². The summed E-state index contributed by atoms with van der Waals surface area (Å²) in [7, 11) is 0. The molecule has 0 aliphatic heterocycles. The topological polar surface area (TPSA) is 214 Å². The van der Waals surface area contributed by atoms with Crippen LogP contribution in [0.5, 0.6) is 0 Å². The molecule has 0 saturated carbocycles. The number of aliphatic carboxylic acids is 1. The summed E-state index contributed by atoms with van der Waals surface area (Å²) in [5.74, 6) is -0.652. The number of carboxylic acids is 1. The van der Waals surface area contributed by atoms with E-state index < -0.39 is 11.1 Å². The summed E-state index contributed by atoms with van der Waals surface area (Å²) < 4.78 is 0. The predicted octanol–water partition coefficient (Wildman–Crippen LogP) is 6.91. The Morgan fingerprint density at radius 3 is 1.52 bits per heavy atom. The minimum absolute atomic E-state index is 0. The van der Waals surface area contributed by atoms with Gasteiger partial charge in [0.05, 0.1) is 5.52 Å². The Kier molecular flexibility index (Phi) is 40.9. The summed E-state index contributed by atoms with van der Waals surface area (Å²) in [5.41, 5.74) is 1.06. The van der Waals surface area contributed by atoms with Crippen molar-refractivity contribution in [2.45, 2.75) is 116 Å². The van der Waals surface area contributed by atoms with Gasteiger partial charge < -0.3 is 40.5 Å². The molecule has 0 saturated heterocycles. The van der Waals surface area contributed by atoms with Crippen LogP contribution in [0.15, 0.2) is 54.7 Å². The minimum atomic E-state index is -1.50. The van der Waals surface area contributed by atoms with Crippen molar-refractivity contribution < 1.29 is 59.1 Å². The Morgan fingerprint density at radius 1 is 0.727 bits per heavy atom. The molecule has 0 fully saturated rings. The Bertz CT molecular complexity index is 1020. The molecule has 0 unspecified atom stereocenters. The number of pyridine rings is 1. The summed E-state index contributed by atoms with van der Waals surface area (Å²) >= 11 is 0. The Balaban J connectivity index is -0.000000192. The second kappa shape index (κ2) is 35.1. The number of benzene rings is 2. The van der Waals surface area contributed by atoms with Crippen molar-refractivity contribution in [3.8, 4) is 0 Å². The van der Waals surface area contributed by atoms with Gasteiger partial charge in [0.25, 0.3) is 5.09 Å². The second-order valence-corrected chi connectivity index (χ2v) is 10.0. The number of aromatic nitrogens is 1. The quantitative estimate of drug-likeness (QED) is 0.0481. The first kappa shape index (κ1) is 51.2. The van der Waals surface area contributed by atoms with Crippen LogP contribution in [0.25, 0.3) is 21.7 Å². The molecule has 9 N–H and O–H groups in total. The van der Waals surface area contributed by atoms with Crippen LogP contribution in [-0.4, -0.2) is 31.8 Å². The maximum absolute atomic E-state index is 10.3. The third-order valence-corrected chi connectivity index (χ3v) is 6.74. The van der Waals surface area contributed by atoms with Crippen molar-refractivity contribution in [2.24, 2.45) is 0 Å². The average Bonchev–Trinajstić information content (AvgIpc) is 2.92. The maximum Gasteiger partial charge on any atom is 4.00 e. The summed E-state index contributed by atoms with van der Waals surface area (Å²) in [6.45, 7) is 2.27. The van der Waals surface area contributed by atoms with Crippen LogP contribution in [0.3, 0.4) is 0 Å². The number of unbranched alkanes of at least 4 members (excludes halogenated alkanes) is 15. The molecule has 0 aliphatic rings. The summed E-state index contributed by atoms with van der Waals surface area (Å²) in [6, 6.07) is 16.6. The third-order valence-electron chi connectivity index (χ3n) is 6.74. The zero-order valence-electron chi connectivity index (χ0n) is 26.3. The predicted molar refractivity (Wildman–Crippen MR) is 172 cm³/mol. The van der Waals surface area contributed by atoms with E-state index in [1.54, 1.807) is 0 Å². The van der Waals surface area contributed by atoms with Gasteiger partial charge in [0.15, 0.2) is 0 Å². The molecule has 3 aromatic rings. The smallest absolute Gasteiger partial charge is 1.00 e. The molecular weight excluding hydrogens is 767 g/mol. The van der Waals surface area contributed by atoms with Crippen molar-refractivity contribution >= 4 is 27.6 Å². The molecule has 3 rings (SSSR count). The minimum Gasteiger partial charge on any atom is -1.00 e. The fourth-order valence-corrected chi connectivity index (χ4v) is 4.63. The Hall–Kier alpha value is -2.36. The fraction of sp³-hybridized carbons (Fsp3) is 0.562. The van der Waals surface area contributed by atoms with E-state index >= 15 is 0 Å². The summed E-state index contributed by atoms with van der Waals surface area (Å²) in [4.78, 5) is 23.1. The van der Waals surface area contributed by atoms with Crippen LogP contribution >= 0.6 is 0 Å². The van der Waals surface area contributed by atoms with Crippen LogP contribution in [-0.2, 0) is 25.9 Å². The number of fused-ring (bicyclic) bond motifs is 3. The number of carbonyl (C=O) groups is 1. The first-order valence-corrected chi connectivity index (χ1v) is 14.7. The van der Waals surface area contributed by atoms with E-state index in [2.05, 4.69) is 42.2 Å². The summed E-state index contributed by atoms with van der Waals surface area (Å²) in [5, 5.41) is 25.9. The molecule has 0 atom stereocenters. The van der Waals surface area contributed by atoms with Crippen LogP contribution in [0.1, 0.15) is 116 Å². The van der Waals surface area contributed by atoms with Gasteiger partial charge in [-0.15, -0.1) is 10.1 Å². The van der Waals surface area contributed by atoms with E-state index in [9.17, 15) is 4.79 Å². The summed E-state index contributed by atoms with van der Waals surface area (Å²) in [6.07, 6.45) is 23.6. The van der Waals surface area contributed by atoms with Crippen molar-refractivity contribution in [3.05, 3.63) is 64.8 Å². The standard InChI is InChI=1S/C19H38O2.C13H9N.ClH.HNO3.2H3N.H2O.Pt/c1-2-3-4-5-6-7-8-9-10-11-12-13-14-15-16-17-18-19(20)21;1-2-6-11-10(5-1)9-14-13-8-4-3-7-12(11)13;;2-1(3)4;;;;/h2-18H2,1H3,(H,20,21);1-9H;1H;(H,2,3,4);2*1H3;1H2;/q;;;;;;;+4/p-2. The molecule has 2 aromatic carbocycles. The van der Waals surface area contributed by atoms with E-state index in [1.165, 1.54) is 106 Å². The van der Waals surface area contributed by atoms with Gasteiger partial charge in [0.1, 0.15) is 0 Å². The van der Waals surface area contributed by atoms with Crippen molar-refractivity contribution in [1.29, 1.82) is 0 Å². The van der Waals surface area contributed by atoms with Gasteiger partial charge in [-0.25, -0.2) is 0 Å². The molecule has 254 valence electrons. The zero-order chi connectivity index (χ0) is 28.6. The van der Waals surface area contributed by atoms with Gasteiger partial charge >= 0.3 is 27.0 Å². The number of rotatable bonds is 17. The van der Waals surface area contributed by atoms with Gasteiger partial charge in [-0.3, -0.25) is 9.78 Å². The van der Waals surface area contributed by atoms with E-state index in [0.717, 1.165) is 18.4 Å². The SMILES string of the molecule is CCCCCCCCCCCCCCCCCCC(=O)O.N.N.O=[N+]([O-])O.[Cl-].[OH-].[Pt+4].c1ccc2c(c1)cnc1ccccc12. The van der Waals surface area contributed by atoms with Crippen LogP contribution in [0.2, 0.25) is 0 Å². The number of para-hydroxylation sites is 1. The number of hydrogen-bond donors (Lipinski definition) is 4. The van der Waals surface area contributed by atoms with Gasteiger partial charge in [-0.05, 0) is 17.9 Å². The molecular formula is C32H55ClN4O6Pt+2. The van der Waals surface area contributed by atoms with E-state index in [0.29, 0.717) is 6.42 Å². The maximum atomic E-state index is 10.3. The number of halogens is 1. The third kappa shape index (κ3) is 27.2. The van der Waals surface area contributed by atoms with Crippen LogP contribution in [0, 0.1) is 10.1 Å². The molecule has 0 spiro atoms. The first-order valence-electron chi connectivity index (χ1n) is 14.7. The molecule has 0 radical (unpaired) electrons. The van der Waals surface area contributed by atoms with Gasteiger partial charge in [-0.2, -0.15) is 0 Å². The fourth-order valence-electron chi connectivity index (χ4n) is 4.63. The van der Waals surface area contributed by atoms with E-state index in [-0.39, 0.29) is 51.2 Å². The van der Waals surface area contributed by atoms with Gasteiger partial charge in [-0.1, -0.05) is 146 Å². The molecule has 10 nitrogen and oxygen atoms in total. The molecule has 0 aliphatic carbocycles. The number of hydrogen-bond acceptors (Lipinski definition) is 7. The van der Waals surface area contributed by atoms with Crippen LogP contribution in [0.4, 0.5) is 0 Å². The van der Waals surface area contributed by atoms with Gasteiger partial charge in [0, 0.05) is 23.4 Å². The first-order chi connectivity index (χ1) is 19.0.